The van der Waals surface area contributed by atoms with E-state index >= 15 is 0 Å². The summed E-state index contributed by atoms with van der Waals surface area (Å²) in [4.78, 5) is 0. The van der Waals surface area contributed by atoms with E-state index in [1.165, 1.54) is 0 Å². The molecule has 0 saturated carbocycles. The standard InChI is InChI=1S/C8H9/c1-2-4-6-8-7-5-3-1/h1-4,8H,5,7H2/b3-1-,4-2-,8-6?. The second-order valence-electron chi connectivity index (χ2n) is 1.74. The fourth-order valence-electron chi connectivity index (χ4n) is 0.617. The summed E-state index contributed by atoms with van der Waals surface area (Å²) in [5.74, 6) is 0. The summed E-state index contributed by atoms with van der Waals surface area (Å²) in [6.45, 7) is 0. The van der Waals surface area contributed by atoms with Crippen LogP contribution >= 0.6 is 0 Å². The summed E-state index contributed by atoms with van der Waals surface area (Å²) < 4.78 is 0. The molecule has 1 rings (SSSR count). The van der Waals surface area contributed by atoms with E-state index in [4.69, 9.17) is 0 Å². The minimum atomic E-state index is 1.13. The van der Waals surface area contributed by atoms with Gasteiger partial charge in [0.1, 0.15) is 0 Å². The molecule has 0 atom stereocenters. The van der Waals surface area contributed by atoms with E-state index in [2.05, 4.69) is 24.3 Å². The van der Waals surface area contributed by atoms with Crippen LogP contribution in [-0.2, 0) is 0 Å². The predicted molar refractivity (Wildman–Crippen MR) is 35.3 cm³/mol. The van der Waals surface area contributed by atoms with E-state index in [1.807, 2.05) is 12.2 Å². The van der Waals surface area contributed by atoms with Crippen LogP contribution in [0.1, 0.15) is 12.8 Å². The van der Waals surface area contributed by atoms with Crippen LogP contribution in [0.4, 0.5) is 0 Å². The zero-order valence-corrected chi connectivity index (χ0v) is 4.80. The molecule has 0 bridgehead atoms. The summed E-state index contributed by atoms with van der Waals surface area (Å²) in [6, 6.07) is 0. The lowest BCUT2D eigenvalue weighted by atomic mass is 10.2. The van der Waals surface area contributed by atoms with E-state index in [0.29, 0.717) is 0 Å². The SMILES string of the molecule is [C]1=C/CC\C=C/C=C\1. The molecule has 0 aliphatic heterocycles. The van der Waals surface area contributed by atoms with Crippen molar-refractivity contribution in [2.75, 3.05) is 0 Å². The van der Waals surface area contributed by atoms with Gasteiger partial charge in [0.2, 0.25) is 0 Å². The van der Waals surface area contributed by atoms with Crippen LogP contribution in [0.5, 0.6) is 0 Å². The Labute approximate surface area is 50.2 Å². The van der Waals surface area contributed by atoms with Gasteiger partial charge < -0.3 is 0 Å². The van der Waals surface area contributed by atoms with Crippen molar-refractivity contribution in [3.8, 4) is 0 Å². The van der Waals surface area contributed by atoms with Crippen LogP contribution in [0.3, 0.4) is 0 Å². The highest BCUT2D eigenvalue weighted by Crippen LogP contribution is 1.95. The third-order valence-electron chi connectivity index (χ3n) is 1.04. The van der Waals surface area contributed by atoms with Crippen molar-refractivity contribution < 1.29 is 0 Å². The van der Waals surface area contributed by atoms with E-state index in [9.17, 15) is 0 Å². The van der Waals surface area contributed by atoms with Gasteiger partial charge in [-0.15, -0.1) is 0 Å². The minimum absolute atomic E-state index is 1.13. The monoisotopic (exact) mass is 105 g/mol. The van der Waals surface area contributed by atoms with Gasteiger partial charge in [0.05, 0.1) is 0 Å². The number of hydrogen-bond donors (Lipinski definition) is 0. The zero-order chi connectivity index (χ0) is 5.66. The highest BCUT2D eigenvalue weighted by atomic mass is 13.8. The first kappa shape index (κ1) is 5.36. The molecule has 1 radical (unpaired) electrons. The van der Waals surface area contributed by atoms with Crippen molar-refractivity contribution in [2.45, 2.75) is 12.8 Å². The zero-order valence-electron chi connectivity index (χ0n) is 4.80. The van der Waals surface area contributed by atoms with Crippen LogP contribution in [0.15, 0.2) is 30.4 Å². The van der Waals surface area contributed by atoms with Crippen molar-refractivity contribution in [3.63, 3.8) is 0 Å². The molecule has 0 aromatic rings. The Morgan fingerprint density at radius 3 is 3.12 bits per heavy atom. The quantitative estimate of drug-likeness (QED) is 0.443. The predicted octanol–water partition coefficient (Wildman–Crippen LogP) is 2.25. The third-order valence-corrected chi connectivity index (χ3v) is 1.04. The highest BCUT2D eigenvalue weighted by molar-refractivity contribution is 5.09. The van der Waals surface area contributed by atoms with Crippen LogP contribution in [0, 0.1) is 6.08 Å². The molecule has 0 nitrogen and oxygen atoms in total. The molecule has 0 aromatic heterocycles. The maximum Gasteiger partial charge on any atom is -0.0227 e. The molecule has 41 valence electrons. The van der Waals surface area contributed by atoms with Crippen LogP contribution in [0.2, 0.25) is 0 Å². The van der Waals surface area contributed by atoms with Gasteiger partial charge in [-0.05, 0) is 18.9 Å². The van der Waals surface area contributed by atoms with Gasteiger partial charge in [-0.2, -0.15) is 0 Å². The van der Waals surface area contributed by atoms with Crippen molar-refractivity contribution >= 4 is 0 Å². The maximum atomic E-state index is 3.03. The average molecular weight is 105 g/mol. The Morgan fingerprint density at radius 1 is 1.12 bits per heavy atom. The molecule has 0 aromatic carbocycles. The van der Waals surface area contributed by atoms with Gasteiger partial charge >= 0.3 is 0 Å². The van der Waals surface area contributed by atoms with Gasteiger partial charge in [-0.1, -0.05) is 30.4 Å². The highest BCUT2D eigenvalue weighted by Gasteiger charge is 1.76. The molecule has 1 aliphatic rings. The van der Waals surface area contributed by atoms with E-state index in [-0.39, 0.29) is 0 Å². The first-order chi connectivity index (χ1) is 4.00. The summed E-state index contributed by atoms with van der Waals surface area (Å²) in [6.07, 6.45) is 15.5. The molecule has 8 heavy (non-hydrogen) atoms. The van der Waals surface area contributed by atoms with Gasteiger partial charge in [-0.25, -0.2) is 0 Å². The Morgan fingerprint density at radius 2 is 2.12 bits per heavy atom. The Balaban J connectivity index is 2.51. The molecule has 0 heteroatoms. The lowest BCUT2D eigenvalue weighted by Crippen LogP contribution is -1.66. The van der Waals surface area contributed by atoms with Crippen molar-refractivity contribution in [1.29, 1.82) is 0 Å². The van der Waals surface area contributed by atoms with Gasteiger partial charge in [0.25, 0.3) is 0 Å². The Bertz CT molecular complexity index is 111. The summed E-state index contributed by atoms with van der Waals surface area (Å²) in [5, 5.41) is 0. The smallest absolute Gasteiger partial charge is 0.0227 e. The third kappa shape index (κ3) is 1.78. The molecule has 0 saturated heterocycles. The first-order valence-electron chi connectivity index (χ1n) is 2.89. The minimum Gasteiger partial charge on any atom is -0.0842 e. The molecule has 0 fully saturated rings. The molecule has 0 N–H and O–H groups in total. The van der Waals surface area contributed by atoms with E-state index < -0.39 is 0 Å². The topological polar surface area (TPSA) is 0 Å². The van der Waals surface area contributed by atoms with Crippen LogP contribution in [-0.4, -0.2) is 0 Å². The van der Waals surface area contributed by atoms with Crippen LogP contribution < -0.4 is 0 Å². The lowest BCUT2D eigenvalue weighted by molar-refractivity contribution is 1.05. The second-order valence-corrected chi connectivity index (χ2v) is 1.74. The van der Waals surface area contributed by atoms with Crippen molar-refractivity contribution in [2.24, 2.45) is 0 Å². The van der Waals surface area contributed by atoms with Crippen molar-refractivity contribution in [1.82, 2.24) is 0 Å². The number of rotatable bonds is 0. The van der Waals surface area contributed by atoms with Gasteiger partial charge in [0, 0.05) is 0 Å². The van der Waals surface area contributed by atoms with E-state index in [0.717, 1.165) is 12.8 Å². The molecule has 0 spiro atoms. The Hall–Kier alpha value is -0.780. The summed E-state index contributed by atoms with van der Waals surface area (Å²) in [5.41, 5.74) is 0. The van der Waals surface area contributed by atoms with Gasteiger partial charge in [-0.3, -0.25) is 0 Å². The molecule has 0 unspecified atom stereocenters. The molecule has 1 aliphatic carbocycles. The molecule has 0 heterocycles. The molecular formula is C8H9. The summed E-state index contributed by atoms with van der Waals surface area (Å²) >= 11 is 0. The maximum absolute atomic E-state index is 3.03. The number of allylic oxidation sites excluding steroid dienone is 6. The van der Waals surface area contributed by atoms with E-state index in [1.54, 1.807) is 0 Å². The average Bonchev–Trinajstić information content (AvgIpc) is 1.62. The van der Waals surface area contributed by atoms with Gasteiger partial charge in [0.15, 0.2) is 0 Å². The first-order valence-corrected chi connectivity index (χ1v) is 2.89. The summed E-state index contributed by atoms with van der Waals surface area (Å²) in [7, 11) is 0. The van der Waals surface area contributed by atoms with Crippen LogP contribution in [0.25, 0.3) is 0 Å². The largest absolute Gasteiger partial charge is 0.0842 e. The molecular weight excluding hydrogens is 96.1 g/mol. The molecule has 0 amide bonds. The number of hydrogen-bond acceptors (Lipinski definition) is 0. The lowest BCUT2D eigenvalue weighted by Gasteiger charge is -1.85. The van der Waals surface area contributed by atoms with Crippen molar-refractivity contribution in [3.05, 3.63) is 36.5 Å². The fraction of sp³-hybridized carbons (Fsp3) is 0.250. The fourth-order valence-corrected chi connectivity index (χ4v) is 0.617. The second kappa shape index (κ2) is 3.25. The Kier molecular flexibility index (Phi) is 2.18. The normalized spacial score (nSPS) is 30.0.